The minimum atomic E-state index is -0.203. The number of thiazole rings is 1. The maximum Gasteiger partial charge on any atom is 0.260 e. The quantitative estimate of drug-likeness (QED) is 0.637. The van der Waals surface area contributed by atoms with Gasteiger partial charge < -0.3 is 14.4 Å². The van der Waals surface area contributed by atoms with Gasteiger partial charge in [-0.25, -0.2) is 4.98 Å². The zero-order valence-electron chi connectivity index (χ0n) is 17.2. The molecule has 2 aromatic carbocycles. The number of anilines is 1. The van der Waals surface area contributed by atoms with Crippen LogP contribution in [0, 0.1) is 6.92 Å². The minimum absolute atomic E-state index is 0.0435. The Hall–Kier alpha value is -3.23. The molecule has 2 heterocycles. The van der Waals surface area contributed by atoms with Gasteiger partial charge in [0.25, 0.3) is 11.8 Å². The number of hydrogen-bond acceptors (Lipinski definition) is 6. The molecule has 31 heavy (non-hydrogen) atoms. The standard InChI is InChI=1S/C23H23N3O4S/c1-16-5-4-6-17(13-16)22(28)25-23-24-19(15-31-23)18-7-2-3-8-20(18)30-14-21(27)26-9-11-29-12-10-26/h2-8,13,15H,9-12,14H2,1H3,(H,24,25,28). The summed E-state index contributed by atoms with van der Waals surface area (Å²) in [4.78, 5) is 31.2. The first-order chi connectivity index (χ1) is 15.1. The number of aromatic nitrogens is 1. The highest BCUT2D eigenvalue weighted by Gasteiger charge is 2.18. The molecule has 1 fully saturated rings. The van der Waals surface area contributed by atoms with Crippen LogP contribution in [0.3, 0.4) is 0 Å². The number of rotatable bonds is 6. The summed E-state index contributed by atoms with van der Waals surface area (Å²) >= 11 is 1.34. The van der Waals surface area contributed by atoms with Crippen molar-refractivity contribution in [1.29, 1.82) is 0 Å². The van der Waals surface area contributed by atoms with E-state index in [1.165, 1.54) is 11.3 Å². The lowest BCUT2D eigenvalue weighted by molar-refractivity contribution is -0.137. The molecule has 0 saturated carbocycles. The van der Waals surface area contributed by atoms with Crippen LogP contribution in [0.5, 0.6) is 5.75 Å². The van der Waals surface area contributed by atoms with Crippen LogP contribution in [0.4, 0.5) is 5.13 Å². The number of benzene rings is 2. The van der Waals surface area contributed by atoms with Crippen molar-refractivity contribution in [3.8, 4) is 17.0 Å². The topological polar surface area (TPSA) is 80.8 Å². The van der Waals surface area contributed by atoms with Crippen molar-refractivity contribution < 1.29 is 19.1 Å². The molecule has 1 N–H and O–H groups in total. The number of amides is 2. The molecule has 2 amide bonds. The summed E-state index contributed by atoms with van der Waals surface area (Å²) in [5, 5.41) is 5.20. The highest BCUT2D eigenvalue weighted by Crippen LogP contribution is 2.32. The summed E-state index contributed by atoms with van der Waals surface area (Å²) in [6.45, 7) is 4.17. The second kappa shape index (κ2) is 9.72. The van der Waals surface area contributed by atoms with Crippen LogP contribution in [0.1, 0.15) is 15.9 Å². The number of nitrogens with zero attached hydrogens (tertiary/aromatic N) is 2. The Labute approximate surface area is 184 Å². The van der Waals surface area contributed by atoms with Gasteiger partial charge in [-0.1, -0.05) is 29.8 Å². The fourth-order valence-corrected chi connectivity index (χ4v) is 3.96. The summed E-state index contributed by atoms with van der Waals surface area (Å²) in [6, 6.07) is 14.8. The largest absolute Gasteiger partial charge is 0.483 e. The zero-order chi connectivity index (χ0) is 21.6. The lowest BCUT2D eigenvalue weighted by Gasteiger charge is -2.26. The molecule has 7 nitrogen and oxygen atoms in total. The Bertz CT molecular complexity index is 1080. The van der Waals surface area contributed by atoms with Gasteiger partial charge >= 0.3 is 0 Å². The van der Waals surface area contributed by atoms with E-state index in [0.717, 1.165) is 11.1 Å². The van der Waals surface area contributed by atoms with E-state index in [4.69, 9.17) is 9.47 Å². The van der Waals surface area contributed by atoms with Gasteiger partial charge in [-0.3, -0.25) is 14.9 Å². The molecule has 1 saturated heterocycles. The molecule has 0 radical (unpaired) electrons. The van der Waals surface area contributed by atoms with E-state index in [1.807, 2.05) is 54.8 Å². The van der Waals surface area contributed by atoms with Crippen LogP contribution in [-0.2, 0) is 9.53 Å². The smallest absolute Gasteiger partial charge is 0.260 e. The van der Waals surface area contributed by atoms with Crippen molar-refractivity contribution >= 4 is 28.3 Å². The van der Waals surface area contributed by atoms with Crippen molar-refractivity contribution in [1.82, 2.24) is 9.88 Å². The number of hydrogen-bond donors (Lipinski definition) is 1. The normalized spacial score (nSPS) is 13.6. The molecule has 1 aliphatic rings. The highest BCUT2D eigenvalue weighted by molar-refractivity contribution is 7.14. The maximum atomic E-state index is 12.5. The summed E-state index contributed by atoms with van der Waals surface area (Å²) in [7, 11) is 0. The molecule has 0 spiro atoms. The number of nitrogens with one attached hydrogen (secondary N) is 1. The van der Waals surface area contributed by atoms with E-state index in [9.17, 15) is 9.59 Å². The van der Waals surface area contributed by atoms with Crippen molar-refractivity contribution in [2.75, 3.05) is 38.2 Å². The Morgan fingerprint density at radius 1 is 1.16 bits per heavy atom. The molecule has 0 atom stereocenters. The maximum absolute atomic E-state index is 12.5. The second-order valence-electron chi connectivity index (χ2n) is 7.14. The van der Waals surface area contributed by atoms with Crippen LogP contribution in [0.15, 0.2) is 53.9 Å². The molecule has 1 aromatic heterocycles. The van der Waals surface area contributed by atoms with Crippen molar-refractivity contribution in [3.05, 3.63) is 65.0 Å². The molecule has 8 heteroatoms. The number of carbonyl (C=O) groups is 2. The van der Waals surface area contributed by atoms with Crippen LogP contribution < -0.4 is 10.1 Å². The van der Waals surface area contributed by atoms with Gasteiger partial charge in [0.05, 0.1) is 18.9 Å². The zero-order valence-corrected chi connectivity index (χ0v) is 18.0. The van der Waals surface area contributed by atoms with E-state index in [0.29, 0.717) is 48.4 Å². The molecule has 160 valence electrons. The summed E-state index contributed by atoms with van der Waals surface area (Å²) in [6.07, 6.45) is 0. The third kappa shape index (κ3) is 5.28. The molecule has 3 aromatic rings. The van der Waals surface area contributed by atoms with Gasteiger partial charge in [0.15, 0.2) is 11.7 Å². The van der Waals surface area contributed by atoms with E-state index >= 15 is 0 Å². The Balaban J connectivity index is 1.44. The highest BCUT2D eigenvalue weighted by atomic mass is 32.1. The SMILES string of the molecule is Cc1cccc(C(=O)Nc2nc(-c3ccccc3OCC(=O)N3CCOCC3)cs2)c1. The predicted octanol–water partition coefficient (Wildman–Crippen LogP) is 3.61. The minimum Gasteiger partial charge on any atom is -0.483 e. The lowest BCUT2D eigenvalue weighted by atomic mass is 10.1. The number of carbonyl (C=O) groups excluding carboxylic acids is 2. The third-order valence-electron chi connectivity index (χ3n) is 4.88. The molecule has 4 rings (SSSR count). The van der Waals surface area contributed by atoms with Crippen molar-refractivity contribution in [2.24, 2.45) is 0 Å². The van der Waals surface area contributed by atoms with Gasteiger partial charge in [0, 0.05) is 29.6 Å². The van der Waals surface area contributed by atoms with Gasteiger partial charge in [-0.05, 0) is 31.2 Å². The van der Waals surface area contributed by atoms with E-state index in [1.54, 1.807) is 11.0 Å². The molecule has 0 bridgehead atoms. The fourth-order valence-electron chi connectivity index (χ4n) is 3.26. The van der Waals surface area contributed by atoms with Gasteiger partial charge in [-0.15, -0.1) is 11.3 Å². The molecule has 1 aliphatic heterocycles. The second-order valence-corrected chi connectivity index (χ2v) is 8.00. The lowest BCUT2D eigenvalue weighted by Crippen LogP contribution is -2.43. The van der Waals surface area contributed by atoms with Gasteiger partial charge in [-0.2, -0.15) is 0 Å². The fraction of sp³-hybridized carbons (Fsp3) is 0.261. The average Bonchev–Trinajstić information content (AvgIpc) is 3.26. The first-order valence-electron chi connectivity index (χ1n) is 10.0. The Morgan fingerprint density at radius 2 is 1.97 bits per heavy atom. The summed E-state index contributed by atoms with van der Waals surface area (Å²) in [5.41, 5.74) is 3.05. The number of ether oxygens (including phenoxy) is 2. The molecular weight excluding hydrogens is 414 g/mol. The molecular formula is C23H23N3O4S. The van der Waals surface area contributed by atoms with Gasteiger partial charge in [0.2, 0.25) is 0 Å². The third-order valence-corrected chi connectivity index (χ3v) is 5.64. The predicted molar refractivity (Wildman–Crippen MR) is 120 cm³/mol. The average molecular weight is 438 g/mol. The first-order valence-corrected chi connectivity index (χ1v) is 10.9. The summed E-state index contributed by atoms with van der Waals surface area (Å²) in [5.74, 6) is 0.304. The van der Waals surface area contributed by atoms with E-state index in [-0.39, 0.29) is 18.4 Å². The number of para-hydroxylation sites is 1. The first kappa shape index (κ1) is 21.0. The van der Waals surface area contributed by atoms with Gasteiger partial charge in [0.1, 0.15) is 5.75 Å². The van der Waals surface area contributed by atoms with Crippen molar-refractivity contribution in [3.63, 3.8) is 0 Å². The molecule has 0 aliphatic carbocycles. The Kier molecular flexibility index (Phi) is 6.59. The van der Waals surface area contributed by atoms with Crippen LogP contribution in [0.2, 0.25) is 0 Å². The monoisotopic (exact) mass is 437 g/mol. The van der Waals surface area contributed by atoms with Crippen LogP contribution in [-0.4, -0.2) is 54.6 Å². The number of aryl methyl sites for hydroxylation is 1. The van der Waals surface area contributed by atoms with Crippen LogP contribution >= 0.6 is 11.3 Å². The number of morpholine rings is 1. The van der Waals surface area contributed by atoms with E-state index < -0.39 is 0 Å². The Morgan fingerprint density at radius 3 is 2.77 bits per heavy atom. The van der Waals surface area contributed by atoms with Crippen molar-refractivity contribution in [2.45, 2.75) is 6.92 Å². The van der Waals surface area contributed by atoms with Crippen LogP contribution in [0.25, 0.3) is 11.3 Å². The molecule has 0 unspecified atom stereocenters. The summed E-state index contributed by atoms with van der Waals surface area (Å²) < 4.78 is 11.1. The van der Waals surface area contributed by atoms with E-state index in [2.05, 4.69) is 10.3 Å².